The molecule has 0 bridgehead atoms. The third-order valence-corrected chi connectivity index (χ3v) is 2.86. The van der Waals surface area contributed by atoms with Gasteiger partial charge in [0.25, 0.3) is 0 Å². The predicted octanol–water partition coefficient (Wildman–Crippen LogP) is 3.23. The molecule has 1 aromatic carbocycles. The Bertz CT molecular complexity index is 345. The zero-order valence-corrected chi connectivity index (χ0v) is 10.0. The summed E-state index contributed by atoms with van der Waals surface area (Å²) < 4.78 is 0. The summed E-state index contributed by atoms with van der Waals surface area (Å²) in [6.07, 6.45) is 0.921. The fraction of sp³-hybridized carbons (Fsp3) is 0.538. The van der Waals surface area contributed by atoms with Crippen molar-refractivity contribution in [3.63, 3.8) is 0 Å². The Kier molecular flexibility index (Phi) is 3.75. The van der Waals surface area contributed by atoms with Crippen molar-refractivity contribution in [2.75, 3.05) is 0 Å². The van der Waals surface area contributed by atoms with Crippen molar-refractivity contribution in [1.82, 2.24) is 0 Å². The first-order chi connectivity index (χ1) is 6.97. The quantitative estimate of drug-likeness (QED) is 0.799. The van der Waals surface area contributed by atoms with Crippen molar-refractivity contribution in [3.8, 4) is 5.75 Å². The number of nitrogens with two attached hydrogens (primary N) is 1. The van der Waals surface area contributed by atoms with E-state index in [1.807, 2.05) is 19.1 Å². The van der Waals surface area contributed by atoms with Gasteiger partial charge in [-0.15, -0.1) is 0 Å². The second kappa shape index (κ2) is 4.67. The van der Waals surface area contributed by atoms with Crippen LogP contribution in [0.3, 0.4) is 0 Å². The standard InChI is InChI=1S/C13H21NO/c1-5-12(14)11-6-9(4)13(15)7-10(11)8(2)3/h6-8,12,15H,5,14H2,1-4H3. The number of hydrogen-bond acceptors (Lipinski definition) is 2. The first kappa shape index (κ1) is 12.1. The molecule has 0 aliphatic carbocycles. The van der Waals surface area contributed by atoms with Crippen LogP contribution >= 0.6 is 0 Å². The second-order valence-electron chi connectivity index (χ2n) is 4.44. The van der Waals surface area contributed by atoms with E-state index >= 15 is 0 Å². The molecule has 0 saturated carbocycles. The summed E-state index contributed by atoms with van der Waals surface area (Å²) in [4.78, 5) is 0. The lowest BCUT2D eigenvalue weighted by Gasteiger charge is -2.19. The SMILES string of the molecule is CCC(N)c1cc(C)c(O)cc1C(C)C. The van der Waals surface area contributed by atoms with Crippen LogP contribution < -0.4 is 5.73 Å². The van der Waals surface area contributed by atoms with Crippen LogP contribution in [0.4, 0.5) is 0 Å². The van der Waals surface area contributed by atoms with E-state index in [2.05, 4.69) is 20.8 Å². The number of phenols is 1. The van der Waals surface area contributed by atoms with Crippen molar-refractivity contribution in [1.29, 1.82) is 0 Å². The molecule has 0 heterocycles. The monoisotopic (exact) mass is 207 g/mol. The van der Waals surface area contributed by atoms with E-state index in [1.165, 1.54) is 5.56 Å². The van der Waals surface area contributed by atoms with E-state index in [4.69, 9.17) is 5.73 Å². The lowest BCUT2D eigenvalue weighted by Crippen LogP contribution is -2.12. The van der Waals surface area contributed by atoms with E-state index in [-0.39, 0.29) is 6.04 Å². The van der Waals surface area contributed by atoms with E-state index in [0.717, 1.165) is 17.5 Å². The Morgan fingerprint density at radius 2 is 1.87 bits per heavy atom. The molecular weight excluding hydrogens is 186 g/mol. The molecule has 0 saturated heterocycles. The van der Waals surface area contributed by atoms with Gasteiger partial charge in [0, 0.05) is 6.04 Å². The maximum absolute atomic E-state index is 9.69. The average Bonchev–Trinajstić information content (AvgIpc) is 2.20. The maximum Gasteiger partial charge on any atom is 0.118 e. The van der Waals surface area contributed by atoms with Crippen LogP contribution in [0.1, 0.15) is 55.8 Å². The highest BCUT2D eigenvalue weighted by Crippen LogP contribution is 2.31. The predicted molar refractivity (Wildman–Crippen MR) is 64.2 cm³/mol. The van der Waals surface area contributed by atoms with E-state index in [1.54, 1.807) is 0 Å². The summed E-state index contributed by atoms with van der Waals surface area (Å²) in [6, 6.07) is 3.94. The van der Waals surface area contributed by atoms with Gasteiger partial charge in [0.1, 0.15) is 5.75 Å². The van der Waals surface area contributed by atoms with Gasteiger partial charge in [0.15, 0.2) is 0 Å². The molecule has 1 rings (SSSR count). The van der Waals surface area contributed by atoms with Gasteiger partial charge < -0.3 is 10.8 Å². The summed E-state index contributed by atoms with van der Waals surface area (Å²) in [5.74, 6) is 0.759. The highest BCUT2D eigenvalue weighted by atomic mass is 16.3. The third kappa shape index (κ3) is 2.51. The van der Waals surface area contributed by atoms with Crippen molar-refractivity contribution < 1.29 is 5.11 Å². The summed E-state index contributed by atoms with van der Waals surface area (Å²) in [5, 5.41) is 9.69. The summed E-state index contributed by atoms with van der Waals surface area (Å²) in [6.45, 7) is 8.23. The van der Waals surface area contributed by atoms with Crippen LogP contribution in [-0.4, -0.2) is 5.11 Å². The first-order valence-electron chi connectivity index (χ1n) is 5.56. The van der Waals surface area contributed by atoms with Gasteiger partial charge in [0.2, 0.25) is 0 Å². The van der Waals surface area contributed by atoms with Crippen LogP contribution in [0.25, 0.3) is 0 Å². The topological polar surface area (TPSA) is 46.2 Å². The number of aromatic hydroxyl groups is 1. The van der Waals surface area contributed by atoms with E-state index < -0.39 is 0 Å². The molecule has 0 aliphatic heterocycles. The number of phenolic OH excluding ortho intramolecular Hbond substituents is 1. The van der Waals surface area contributed by atoms with Crippen molar-refractivity contribution in [2.24, 2.45) is 5.73 Å². The smallest absolute Gasteiger partial charge is 0.118 e. The summed E-state index contributed by atoms with van der Waals surface area (Å²) in [7, 11) is 0. The molecule has 3 N–H and O–H groups in total. The molecule has 0 aliphatic rings. The molecule has 2 heteroatoms. The molecule has 0 aromatic heterocycles. The number of hydrogen-bond donors (Lipinski definition) is 2. The average molecular weight is 207 g/mol. The van der Waals surface area contributed by atoms with Gasteiger partial charge in [-0.2, -0.15) is 0 Å². The molecule has 2 nitrogen and oxygen atoms in total. The Hall–Kier alpha value is -1.02. The fourth-order valence-electron chi connectivity index (χ4n) is 1.78. The van der Waals surface area contributed by atoms with Crippen LogP contribution in [0.15, 0.2) is 12.1 Å². The van der Waals surface area contributed by atoms with Gasteiger partial charge in [-0.3, -0.25) is 0 Å². The molecule has 15 heavy (non-hydrogen) atoms. The van der Waals surface area contributed by atoms with Crippen LogP contribution in [0.2, 0.25) is 0 Å². The minimum Gasteiger partial charge on any atom is -0.508 e. The maximum atomic E-state index is 9.69. The summed E-state index contributed by atoms with van der Waals surface area (Å²) in [5.41, 5.74) is 9.30. The van der Waals surface area contributed by atoms with E-state index in [9.17, 15) is 5.11 Å². The van der Waals surface area contributed by atoms with Gasteiger partial charge >= 0.3 is 0 Å². The van der Waals surface area contributed by atoms with Crippen molar-refractivity contribution >= 4 is 0 Å². The van der Waals surface area contributed by atoms with Crippen LogP contribution in [-0.2, 0) is 0 Å². The van der Waals surface area contributed by atoms with Gasteiger partial charge in [-0.05, 0) is 42.0 Å². The lowest BCUT2D eigenvalue weighted by molar-refractivity contribution is 0.469. The summed E-state index contributed by atoms with van der Waals surface area (Å²) >= 11 is 0. The molecule has 0 radical (unpaired) electrons. The Labute approximate surface area is 92.1 Å². The Morgan fingerprint density at radius 1 is 1.27 bits per heavy atom. The minimum absolute atomic E-state index is 0.0710. The number of rotatable bonds is 3. The minimum atomic E-state index is 0.0710. The zero-order valence-electron chi connectivity index (χ0n) is 10.0. The lowest BCUT2D eigenvalue weighted by atomic mass is 9.90. The van der Waals surface area contributed by atoms with Crippen LogP contribution in [0, 0.1) is 6.92 Å². The van der Waals surface area contributed by atoms with Crippen molar-refractivity contribution in [3.05, 3.63) is 28.8 Å². The highest BCUT2D eigenvalue weighted by molar-refractivity contribution is 5.43. The molecule has 84 valence electrons. The molecule has 0 fully saturated rings. The molecule has 1 atom stereocenters. The third-order valence-electron chi connectivity index (χ3n) is 2.86. The van der Waals surface area contributed by atoms with E-state index in [0.29, 0.717) is 11.7 Å². The number of aryl methyl sites for hydroxylation is 1. The fourth-order valence-corrected chi connectivity index (χ4v) is 1.78. The molecule has 1 unspecified atom stereocenters. The van der Waals surface area contributed by atoms with Gasteiger partial charge in [0.05, 0.1) is 0 Å². The highest BCUT2D eigenvalue weighted by Gasteiger charge is 2.14. The van der Waals surface area contributed by atoms with Crippen LogP contribution in [0.5, 0.6) is 5.75 Å². The normalized spacial score (nSPS) is 13.2. The second-order valence-corrected chi connectivity index (χ2v) is 4.44. The number of benzene rings is 1. The Morgan fingerprint density at radius 3 is 2.33 bits per heavy atom. The van der Waals surface area contributed by atoms with Gasteiger partial charge in [-0.25, -0.2) is 0 Å². The first-order valence-corrected chi connectivity index (χ1v) is 5.56. The zero-order chi connectivity index (χ0) is 11.6. The Balaban J connectivity index is 3.28. The van der Waals surface area contributed by atoms with Crippen molar-refractivity contribution in [2.45, 2.75) is 46.1 Å². The van der Waals surface area contributed by atoms with Gasteiger partial charge in [-0.1, -0.05) is 26.8 Å². The molecular formula is C13H21NO. The molecule has 0 amide bonds. The molecule has 0 spiro atoms. The molecule has 1 aromatic rings. The largest absolute Gasteiger partial charge is 0.508 e.